The van der Waals surface area contributed by atoms with E-state index >= 15 is 0 Å². The van der Waals surface area contributed by atoms with Crippen molar-refractivity contribution in [1.82, 2.24) is 18.9 Å². The molecule has 0 aliphatic rings. The molecule has 46 heavy (non-hydrogen) atoms. The molecule has 11 rings (SSSR count). The lowest BCUT2D eigenvalue weighted by molar-refractivity contribution is 1.02. The van der Waals surface area contributed by atoms with Gasteiger partial charge in [0.05, 0.1) is 41.5 Å². The van der Waals surface area contributed by atoms with Gasteiger partial charge in [-0.3, -0.25) is 4.57 Å². The molecule has 0 amide bonds. The standard InChI is InChI=1S/C42H24N4/c1-2-12-26(13-3-1)39-32-24-23-25-11-4-5-14-27(25)40(32)44-42(43-39)46-34-20-9-16-29-31-18-8-17-30-28-15-6-7-19-33(28)45(41(30)31)35-21-10-22-36(46)38(35)37(29)34/h1-24H/i20D,22D. The highest BCUT2D eigenvalue weighted by molar-refractivity contribution is 6.31. The first kappa shape index (κ1) is 22.3. The number of nitrogens with zero attached hydrogens (tertiary/aromatic N) is 4. The molecule has 0 fully saturated rings. The summed E-state index contributed by atoms with van der Waals surface area (Å²) in [6.45, 7) is 0. The molecule has 0 saturated carbocycles. The lowest BCUT2D eigenvalue weighted by atomic mass is 10.0. The largest absolute Gasteiger partial charge is 0.308 e. The second-order valence-electron chi connectivity index (χ2n) is 12.0. The highest BCUT2D eigenvalue weighted by Gasteiger charge is 2.23. The van der Waals surface area contributed by atoms with Crippen molar-refractivity contribution in [2.24, 2.45) is 0 Å². The Morgan fingerprint density at radius 2 is 1.13 bits per heavy atom. The third kappa shape index (κ3) is 2.98. The maximum Gasteiger partial charge on any atom is 0.235 e. The van der Waals surface area contributed by atoms with E-state index in [0.29, 0.717) is 29.1 Å². The molecule has 4 aromatic heterocycles. The first-order valence-electron chi connectivity index (χ1n) is 16.5. The van der Waals surface area contributed by atoms with Crippen LogP contribution in [0.2, 0.25) is 0 Å². The summed E-state index contributed by atoms with van der Waals surface area (Å²) in [6.07, 6.45) is 0. The maximum atomic E-state index is 9.42. The minimum Gasteiger partial charge on any atom is -0.308 e. The summed E-state index contributed by atoms with van der Waals surface area (Å²) in [5.74, 6) is 0.449. The molecular weight excluding hydrogens is 560 g/mol. The van der Waals surface area contributed by atoms with Crippen LogP contribution >= 0.6 is 0 Å². The van der Waals surface area contributed by atoms with Crippen molar-refractivity contribution >= 4 is 81.6 Å². The Morgan fingerprint density at radius 3 is 2.02 bits per heavy atom. The van der Waals surface area contributed by atoms with Gasteiger partial charge in [-0.05, 0) is 41.1 Å². The molecule has 4 nitrogen and oxygen atoms in total. The van der Waals surface area contributed by atoms with Gasteiger partial charge in [0.15, 0.2) is 0 Å². The van der Waals surface area contributed by atoms with E-state index in [2.05, 4.69) is 95.4 Å². The van der Waals surface area contributed by atoms with E-state index < -0.39 is 0 Å². The van der Waals surface area contributed by atoms with Gasteiger partial charge in [-0.25, -0.2) is 9.97 Å². The normalized spacial score (nSPS) is 13.0. The monoisotopic (exact) mass is 586 g/mol. The van der Waals surface area contributed by atoms with Gasteiger partial charge in [0, 0.05) is 43.3 Å². The van der Waals surface area contributed by atoms with Gasteiger partial charge < -0.3 is 4.40 Å². The van der Waals surface area contributed by atoms with Crippen LogP contribution in [0.15, 0.2) is 146 Å². The molecule has 212 valence electrons. The van der Waals surface area contributed by atoms with Crippen molar-refractivity contribution in [1.29, 1.82) is 0 Å². The van der Waals surface area contributed by atoms with Gasteiger partial charge in [0.2, 0.25) is 5.95 Å². The van der Waals surface area contributed by atoms with Crippen LogP contribution < -0.4 is 0 Å². The quantitative estimate of drug-likeness (QED) is 0.189. The van der Waals surface area contributed by atoms with Crippen molar-refractivity contribution in [3.8, 4) is 17.2 Å². The van der Waals surface area contributed by atoms with Crippen molar-refractivity contribution in [3.05, 3.63) is 146 Å². The summed E-state index contributed by atoms with van der Waals surface area (Å²) in [4.78, 5) is 10.6. The van der Waals surface area contributed by atoms with E-state index in [4.69, 9.17) is 9.97 Å². The Bertz CT molecular complexity index is 3140. The third-order valence-electron chi connectivity index (χ3n) is 9.68. The van der Waals surface area contributed by atoms with Crippen LogP contribution in [-0.4, -0.2) is 18.9 Å². The first-order chi connectivity index (χ1) is 23.7. The van der Waals surface area contributed by atoms with Crippen LogP contribution in [0, 0.1) is 0 Å². The molecule has 7 aromatic carbocycles. The molecular formula is C42H24N4. The van der Waals surface area contributed by atoms with E-state index in [1.54, 1.807) is 0 Å². The topological polar surface area (TPSA) is 35.1 Å². The lowest BCUT2D eigenvalue weighted by Crippen LogP contribution is -2.04. The Balaban J connectivity index is 1.41. The molecule has 0 atom stereocenters. The second kappa shape index (κ2) is 8.68. The van der Waals surface area contributed by atoms with E-state index in [1.807, 2.05) is 47.0 Å². The van der Waals surface area contributed by atoms with Crippen LogP contribution in [0.25, 0.3) is 98.8 Å². The van der Waals surface area contributed by atoms with Gasteiger partial charge in [0.1, 0.15) is 0 Å². The van der Waals surface area contributed by atoms with E-state index in [9.17, 15) is 2.74 Å². The molecule has 4 heterocycles. The van der Waals surface area contributed by atoms with E-state index in [1.165, 1.54) is 10.8 Å². The summed E-state index contributed by atoms with van der Waals surface area (Å²) >= 11 is 0. The number of rotatable bonds is 2. The number of hydrogen-bond donors (Lipinski definition) is 0. The van der Waals surface area contributed by atoms with Crippen LogP contribution in [0.5, 0.6) is 0 Å². The summed E-state index contributed by atoms with van der Waals surface area (Å²) < 4.78 is 23.1. The molecule has 4 heteroatoms. The van der Waals surface area contributed by atoms with Crippen molar-refractivity contribution in [3.63, 3.8) is 0 Å². The van der Waals surface area contributed by atoms with Gasteiger partial charge >= 0.3 is 0 Å². The predicted molar refractivity (Wildman–Crippen MR) is 191 cm³/mol. The van der Waals surface area contributed by atoms with Crippen LogP contribution in [0.1, 0.15) is 2.74 Å². The van der Waals surface area contributed by atoms with Crippen LogP contribution in [0.3, 0.4) is 0 Å². The number of aromatic nitrogens is 4. The Hall–Kier alpha value is -6.26. The fourth-order valence-corrected chi connectivity index (χ4v) is 7.79. The van der Waals surface area contributed by atoms with E-state index in [0.717, 1.165) is 71.0 Å². The maximum absolute atomic E-state index is 9.42. The Morgan fingerprint density at radius 1 is 0.457 bits per heavy atom. The fourth-order valence-electron chi connectivity index (χ4n) is 7.79. The summed E-state index contributed by atoms with van der Waals surface area (Å²) in [7, 11) is 0. The van der Waals surface area contributed by atoms with Crippen LogP contribution in [0.4, 0.5) is 0 Å². The molecule has 0 spiro atoms. The van der Waals surface area contributed by atoms with E-state index in [-0.39, 0.29) is 0 Å². The fraction of sp³-hybridized carbons (Fsp3) is 0. The molecule has 0 aliphatic heterocycles. The second-order valence-corrected chi connectivity index (χ2v) is 12.0. The van der Waals surface area contributed by atoms with Crippen LogP contribution in [-0.2, 0) is 0 Å². The number of para-hydroxylation sites is 2. The number of fused-ring (bicyclic) bond motifs is 8. The lowest BCUT2D eigenvalue weighted by Gasteiger charge is -2.13. The average Bonchev–Trinajstić information content (AvgIpc) is 3.64. The molecule has 0 bridgehead atoms. The molecule has 0 saturated heterocycles. The molecule has 11 aromatic rings. The van der Waals surface area contributed by atoms with Gasteiger partial charge in [-0.15, -0.1) is 0 Å². The Kier molecular flexibility index (Phi) is 4.20. The summed E-state index contributed by atoms with van der Waals surface area (Å²) in [5.41, 5.74) is 7.28. The zero-order chi connectivity index (χ0) is 31.7. The molecule has 0 unspecified atom stereocenters. The molecule has 0 N–H and O–H groups in total. The summed E-state index contributed by atoms with van der Waals surface area (Å²) in [5, 5.41) is 9.48. The SMILES string of the molecule is [2H]c1ccc2c3cccc4c5ccccc5n(c5ccc([2H])c6c5c2c1n6-c1nc(-c2ccccc2)c2ccc5ccccc5c2n1)c34. The summed E-state index contributed by atoms with van der Waals surface area (Å²) in [6, 6.07) is 46.4. The first-order valence-corrected chi connectivity index (χ1v) is 15.5. The van der Waals surface area contributed by atoms with Gasteiger partial charge in [0.25, 0.3) is 0 Å². The highest BCUT2D eigenvalue weighted by Crippen LogP contribution is 2.44. The number of hydrogen-bond acceptors (Lipinski definition) is 2. The smallest absolute Gasteiger partial charge is 0.235 e. The zero-order valence-corrected chi connectivity index (χ0v) is 24.5. The highest BCUT2D eigenvalue weighted by atomic mass is 15.2. The Labute approximate surface area is 265 Å². The predicted octanol–water partition coefficient (Wildman–Crippen LogP) is 10.7. The molecule has 0 radical (unpaired) electrons. The van der Waals surface area contributed by atoms with Gasteiger partial charge in [-0.2, -0.15) is 0 Å². The van der Waals surface area contributed by atoms with Gasteiger partial charge in [-0.1, -0.05) is 115 Å². The minimum atomic E-state index is 0.358. The average molecular weight is 587 g/mol. The third-order valence-corrected chi connectivity index (χ3v) is 9.68. The van der Waals surface area contributed by atoms with Crippen molar-refractivity contribution in [2.45, 2.75) is 0 Å². The zero-order valence-electron chi connectivity index (χ0n) is 26.5. The molecule has 0 aliphatic carbocycles. The number of benzene rings is 7. The van der Waals surface area contributed by atoms with Crippen molar-refractivity contribution < 1.29 is 2.74 Å². The minimum absolute atomic E-state index is 0.358. The van der Waals surface area contributed by atoms with Crippen molar-refractivity contribution in [2.75, 3.05) is 0 Å².